The number of hydrogen-bond donors (Lipinski definition) is 3. The standard InChI is InChI=1S/C33H48N2O2/c1-21-24(22-6-8-23(9-7-22)30(36)37)12-16-31(2)26(21)13-17-32(3)27-14-18-33(35-20-19-34)15-4-5-28(33)25(27)10-11-29(31)32/h6-9,12,21,25-29,35H,4-5,10-11,13-20,34H2,1-3H3,(H,36,37)/t21?,25?,26?,27?,28-,29?,31?,32?,33?/m1/s1. The predicted octanol–water partition coefficient (Wildman–Crippen LogP) is 6.75. The molecule has 0 aromatic heterocycles. The van der Waals surface area contributed by atoms with Crippen LogP contribution in [0.4, 0.5) is 0 Å². The van der Waals surface area contributed by atoms with Gasteiger partial charge in [-0.15, -0.1) is 0 Å². The molecule has 8 unspecified atom stereocenters. The van der Waals surface area contributed by atoms with E-state index in [2.05, 4.69) is 32.2 Å². The van der Waals surface area contributed by atoms with E-state index < -0.39 is 5.97 Å². The van der Waals surface area contributed by atoms with Crippen molar-refractivity contribution in [2.24, 2.45) is 52.1 Å². The Morgan fingerprint density at radius 3 is 2.46 bits per heavy atom. The number of nitrogens with one attached hydrogen (secondary N) is 1. The first-order chi connectivity index (χ1) is 17.7. The molecule has 1 aromatic rings. The molecule has 0 spiro atoms. The zero-order valence-electron chi connectivity index (χ0n) is 23.3. The summed E-state index contributed by atoms with van der Waals surface area (Å²) in [5.41, 5.74) is 10.2. The van der Waals surface area contributed by atoms with E-state index in [1.807, 2.05) is 12.1 Å². The second-order valence-corrected chi connectivity index (χ2v) is 14.0. The van der Waals surface area contributed by atoms with E-state index in [0.29, 0.717) is 33.8 Å². The minimum absolute atomic E-state index is 0.365. The molecule has 4 saturated carbocycles. The van der Waals surface area contributed by atoms with E-state index in [4.69, 9.17) is 5.73 Å². The molecule has 4 N–H and O–H groups in total. The van der Waals surface area contributed by atoms with Crippen LogP contribution in [0.1, 0.15) is 101 Å². The molecule has 5 aliphatic rings. The third-order valence-corrected chi connectivity index (χ3v) is 12.8. The molecule has 6 rings (SSSR count). The maximum Gasteiger partial charge on any atom is 0.335 e. The van der Waals surface area contributed by atoms with Crippen LogP contribution in [0.5, 0.6) is 0 Å². The van der Waals surface area contributed by atoms with Crippen molar-refractivity contribution in [1.29, 1.82) is 0 Å². The number of carbonyl (C=O) groups is 1. The molecule has 0 radical (unpaired) electrons. The molecule has 4 fully saturated rings. The molecule has 202 valence electrons. The van der Waals surface area contributed by atoms with E-state index >= 15 is 0 Å². The Morgan fingerprint density at radius 1 is 0.973 bits per heavy atom. The SMILES string of the molecule is CC1C(c2ccc(C(=O)O)cc2)=CCC2(C)C1CCC1(C)C3CCC4(NCCN)CCC[C@@H]4C3CCC21. The maximum atomic E-state index is 11.3. The van der Waals surface area contributed by atoms with Crippen LogP contribution in [0.15, 0.2) is 30.3 Å². The van der Waals surface area contributed by atoms with Crippen LogP contribution < -0.4 is 11.1 Å². The van der Waals surface area contributed by atoms with Crippen LogP contribution >= 0.6 is 0 Å². The van der Waals surface area contributed by atoms with Gasteiger partial charge in [0.1, 0.15) is 0 Å². The number of allylic oxidation sites excluding steroid dienone is 2. The summed E-state index contributed by atoms with van der Waals surface area (Å²) in [5.74, 6) is 3.81. The monoisotopic (exact) mass is 504 g/mol. The number of carboxylic acids is 1. The summed E-state index contributed by atoms with van der Waals surface area (Å²) in [7, 11) is 0. The van der Waals surface area contributed by atoms with Gasteiger partial charge in [-0.05, 0) is 127 Å². The van der Waals surface area contributed by atoms with Gasteiger partial charge in [0.05, 0.1) is 5.56 Å². The normalized spacial score (nSPS) is 44.7. The molecule has 4 nitrogen and oxygen atoms in total. The molecule has 0 heterocycles. The zero-order valence-corrected chi connectivity index (χ0v) is 23.3. The number of nitrogens with two attached hydrogens (primary N) is 1. The molecule has 0 amide bonds. The average Bonchev–Trinajstić information content (AvgIpc) is 3.32. The minimum Gasteiger partial charge on any atom is -0.478 e. The van der Waals surface area contributed by atoms with E-state index in [1.54, 1.807) is 12.1 Å². The van der Waals surface area contributed by atoms with Crippen LogP contribution in [-0.4, -0.2) is 29.7 Å². The molecular weight excluding hydrogens is 456 g/mol. The molecule has 9 atom stereocenters. The Bertz CT molecular complexity index is 1060. The fourth-order valence-electron chi connectivity index (χ4n) is 11.3. The van der Waals surface area contributed by atoms with Crippen molar-refractivity contribution in [3.05, 3.63) is 41.5 Å². The first-order valence-electron chi connectivity index (χ1n) is 15.2. The summed E-state index contributed by atoms with van der Waals surface area (Å²) < 4.78 is 0. The number of carboxylic acid groups (broad SMARTS) is 1. The Kier molecular flexibility index (Phi) is 6.39. The molecule has 37 heavy (non-hydrogen) atoms. The highest BCUT2D eigenvalue weighted by Gasteiger charge is 2.64. The van der Waals surface area contributed by atoms with Crippen molar-refractivity contribution in [3.8, 4) is 0 Å². The quantitative estimate of drug-likeness (QED) is 0.414. The molecule has 4 heteroatoms. The molecule has 0 aliphatic heterocycles. The van der Waals surface area contributed by atoms with Crippen molar-refractivity contribution in [1.82, 2.24) is 5.32 Å². The second-order valence-electron chi connectivity index (χ2n) is 14.0. The third-order valence-electron chi connectivity index (χ3n) is 12.8. The number of rotatable bonds is 5. The first-order valence-corrected chi connectivity index (χ1v) is 15.2. The van der Waals surface area contributed by atoms with Gasteiger partial charge in [0, 0.05) is 18.6 Å². The number of fused-ring (bicyclic) bond motifs is 7. The summed E-state index contributed by atoms with van der Waals surface area (Å²) in [6, 6.07) is 7.60. The molecule has 1 aromatic carbocycles. The van der Waals surface area contributed by atoms with E-state index in [1.165, 1.54) is 75.3 Å². The molecule has 0 bridgehead atoms. The van der Waals surface area contributed by atoms with Crippen LogP contribution in [-0.2, 0) is 0 Å². The molecule has 5 aliphatic carbocycles. The van der Waals surface area contributed by atoms with Gasteiger partial charge >= 0.3 is 5.97 Å². The van der Waals surface area contributed by atoms with Gasteiger partial charge in [-0.2, -0.15) is 0 Å². The lowest BCUT2D eigenvalue weighted by Gasteiger charge is -2.67. The van der Waals surface area contributed by atoms with Crippen LogP contribution in [0.3, 0.4) is 0 Å². The number of benzene rings is 1. The summed E-state index contributed by atoms with van der Waals surface area (Å²) >= 11 is 0. The highest BCUT2D eigenvalue weighted by atomic mass is 16.4. The van der Waals surface area contributed by atoms with Crippen molar-refractivity contribution in [2.45, 2.75) is 90.5 Å². The van der Waals surface area contributed by atoms with Crippen LogP contribution in [0.2, 0.25) is 0 Å². The Labute approximate surface area is 223 Å². The molecule has 0 saturated heterocycles. The van der Waals surface area contributed by atoms with Crippen molar-refractivity contribution in [2.75, 3.05) is 13.1 Å². The largest absolute Gasteiger partial charge is 0.478 e. The Balaban J connectivity index is 1.26. The smallest absolute Gasteiger partial charge is 0.335 e. The van der Waals surface area contributed by atoms with Gasteiger partial charge in [0.2, 0.25) is 0 Å². The fourth-order valence-corrected chi connectivity index (χ4v) is 11.3. The fraction of sp³-hybridized carbons (Fsp3) is 0.727. The third kappa shape index (κ3) is 3.79. The Hall–Kier alpha value is -1.65. The summed E-state index contributed by atoms with van der Waals surface area (Å²) in [6.45, 7) is 9.52. The van der Waals surface area contributed by atoms with Gasteiger partial charge in [0.25, 0.3) is 0 Å². The minimum atomic E-state index is -0.848. The average molecular weight is 505 g/mol. The highest BCUT2D eigenvalue weighted by molar-refractivity contribution is 5.88. The van der Waals surface area contributed by atoms with Gasteiger partial charge in [-0.3, -0.25) is 0 Å². The maximum absolute atomic E-state index is 11.3. The van der Waals surface area contributed by atoms with Gasteiger partial charge in [0.15, 0.2) is 0 Å². The summed E-state index contributed by atoms with van der Waals surface area (Å²) in [5, 5.41) is 13.3. The highest BCUT2D eigenvalue weighted by Crippen LogP contribution is 2.70. The van der Waals surface area contributed by atoms with Crippen molar-refractivity contribution >= 4 is 11.5 Å². The number of aromatic carboxylic acids is 1. The van der Waals surface area contributed by atoms with Crippen LogP contribution in [0.25, 0.3) is 5.57 Å². The molecular formula is C33H48N2O2. The second kappa shape index (κ2) is 9.23. The van der Waals surface area contributed by atoms with Gasteiger partial charge in [-0.25, -0.2) is 4.79 Å². The lowest BCUT2D eigenvalue weighted by Crippen LogP contribution is -2.63. The summed E-state index contributed by atoms with van der Waals surface area (Å²) in [6.07, 6.45) is 16.2. The van der Waals surface area contributed by atoms with E-state index in [-0.39, 0.29) is 0 Å². The van der Waals surface area contributed by atoms with E-state index in [9.17, 15) is 9.90 Å². The topological polar surface area (TPSA) is 75.3 Å². The lowest BCUT2D eigenvalue weighted by atomic mass is 9.38. The van der Waals surface area contributed by atoms with Gasteiger partial charge < -0.3 is 16.2 Å². The zero-order chi connectivity index (χ0) is 26.0. The van der Waals surface area contributed by atoms with Crippen LogP contribution in [0, 0.1) is 46.3 Å². The van der Waals surface area contributed by atoms with Crippen molar-refractivity contribution in [3.63, 3.8) is 0 Å². The predicted molar refractivity (Wildman–Crippen MR) is 150 cm³/mol. The van der Waals surface area contributed by atoms with Gasteiger partial charge in [-0.1, -0.05) is 45.4 Å². The number of hydrogen-bond acceptors (Lipinski definition) is 3. The summed E-state index contributed by atoms with van der Waals surface area (Å²) in [4.78, 5) is 11.3. The van der Waals surface area contributed by atoms with Crippen molar-refractivity contribution < 1.29 is 9.90 Å². The Morgan fingerprint density at radius 2 is 1.73 bits per heavy atom. The van der Waals surface area contributed by atoms with E-state index in [0.717, 1.165) is 36.8 Å². The first kappa shape index (κ1) is 25.6. The lowest BCUT2D eigenvalue weighted by molar-refractivity contribution is -0.164.